The van der Waals surface area contributed by atoms with Crippen LogP contribution in [0.5, 0.6) is 0 Å². The van der Waals surface area contributed by atoms with Gasteiger partial charge in [-0.3, -0.25) is 14.9 Å². The minimum Gasteiger partial charge on any atom is -0.465 e. The highest BCUT2D eigenvalue weighted by Crippen LogP contribution is 2.29. The van der Waals surface area contributed by atoms with Crippen molar-refractivity contribution in [3.63, 3.8) is 0 Å². The lowest BCUT2D eigenvalue weighted by molar-refractivity contribution is 0.0955. The first-order valence-corrected chi connectivity index (χ1v) is 11.8. The summed E-state index contributed by atoms with van der Waals surface area (Å²) in [5, 5.41) is 15.1. The molecular formula is C28H28N6O2. The summed E-state index contributed by atoms with van der Waals surface area (Å²) in [6.07, 6.45) is 6.29. The summed E-state index contributed by atoms with van der Waals surface area (Å²) in [5.74, 6) is 0. The van der Waals surface area contributed by atoms with E-state index in [-0.39, 0.29) is 0 Å². The van der Waals surface area contributed by atoms with Crippen LogP contribution in [-0.4, -0.2) is 41.6 Å². The number of nitrogens with one attached hydrogen (secondary N) is 2. The average molecular weight is 481 g/mol. The molecule has 182 valence electrons. The van der Waals surface area contributed by atoms with E-state index in [0.717, 1.165) is 50.0 Å². The van der Waals surface area contributed by atoms with Crippen LogP contribution in [0.4, 0.5) is 10.5 Å². The van der Waals surface area contributed by atoms with Crippen molar-refractivity contribution in [3.05, 3.63) is 84.4 Å². The monoisotopic (exact) mass is 480 g/mol. The largest absolute Gasteiger partial charge is 0.465 e. The number of hydrogen-bond donors (Lipinski definition) is 3. The maximum atomic E-state index is 11.6. The van der Waals surface area contributed by atoms with Gasteiger partial charge in [0.05, 0.1) is 29.3 Å². The van der Waals surface area contributed by atoms with Crippen molar-refractivity contribution < 1.29 is 9.90 Å². The van der Waals surface area contributed by atoms with Crippen molar-refractivity contribution in [1.29, 1.82) is 0 Å². The average Bonchev–Trinajstić information content (AvgIpc) is 3.23. The third kappa shape index (κ3) is 4.84. The van der Waals surface area contributed by atoms with Gasteiger partial charge < -0.3 is 15.4 Å². The molecule has 0 unspecified atom stereocenters. The van der Waals surface area contributed by atoms with E-state index in [9.17, 15) is 9.90 Å². The number of aromatic amines is 1. The number of carboxylic acid groups (broad SMARTS) is 1. The molecule has 0 aliphatic heterocycles. The van der Waals surface area contributed by atoms with Crippen molar-refractivity contribution >= 4 is 33.7 Å². The molecule has 5 rings (SSSR count). The molecule has 1 amide bonds. The van der Waals surface area contributed by atoms with E-state index < -0.39 is 11.6 Å². The van der Waals surface area contributed by atoms with Gasteiger partial charge in [-0.15, -0.1) is 0 Å². The zero-order valence-electron chi connectivity index (χ0n) is 20.5. The van der Waals surface area contributed by atoms with Crippen LogP contribution in [0, 0.1) is 0 Å². The number of fused-ring (bicyclic) bond motifs is 3. The zero-order chi connectivity index (χ0) is 25.3. The van der Waals surface area contributed by atoms with Crippen molar-refractivity contribution in [2.75, 3.05) is 5.32 Å². The number of pyridine rings is 3. The Morgan fingerprint density at radius 1 is 1.00 bits per heavy atom. The molecule has 0 aliphatic carbocycles. The quantitative estimate of drug-likeness (QED) is 0.273. The highest BCUT2D eigenvalue weighted by atomic mass is 16.4. The Hall–Kier alpha value is -4.46. The lowest BCUT2D eigenvalue weighted by atomic mass is 10.0. The number of aromatic nitrogens is 4. The van der Waals surface area contributed by atoms with E-state index in [1.165, 1.54) is 4.90 Å². The van der Waals surface area contributed by atoms with Gasteiger partial charge in [-0.2, -0.15) is 0 Å². The Morgan fingerprint density at radius 3 is 2.47 bits per heavy atom. The predicted molar refractivity (Wildman–Crippen MR) is 142 cm³/mol. The third-order valence-corrected chi connectivity index (χ3v) is 6.19. The highest BCUT2D eigenvalue weighted by Gasteiger charge is 2.25. The van der Waals surface area contributed by atoms with Gasteiger partial charge in [0.15, 0.2) is 0 Å². The Kier molecular flexibility index (Phi) is 6.01. The fourth-order valence-corrected chi connectivity index (χ4v) is 4.18. The Balaban J connectivity index is 1.33. The maximum Gasteiger partial charge on any atom is 0.408 e. The number of nitrogens with zero attached hydrogens (tertiary/aromatic N) is 4. The minimum atomic E-state index is -0.920. The van der Waals surface area contributed by atoms with Gasteiger partial charge in [0, 0.05) is 47.4 Å². The molecule has 0 fully saturated rings. The van der Waals surface area contributed by atoms with E-state index in [4.69, 9.17) is 0 Å². The Morgan fingerprint density at radius 2 is 1.78 bits per heavy atom. The molecule has 0 aliphatic rings. The molecule has 1 aromatic carbocycles. The number of benzene rings is 1. The van der Waals surface area contributed by atoms with E-state index in [1.54, 1.807) is 6.20 Å². The number of H-pyrrole nitrogens is 1. The second-order valence-corrected chi connectivity index (χ2v) is 9.81. The first-order chi connectivity index (χ1) is 17.3. The molecule has 5 aromatic rings. The summed E-state index contributed by atoms with van der Waals surface area (Å²) in [4.78, 5) is 29.8. The van der Waals surface area contributed by atoms with Crippen LogP contribution in [0.2, 0.25) is 0 Å². The number of anilines is 1. The minimum absolute atomic E-state index is 0.351. The third-order valence-electron chi connectivity index (χ3n) is 6.19. The Labute approximate surface area is 209 Å². The van der Waals surface area contributed by atoms with Crippen LogP contribution in [0.15, 0.2) is 73.3 Å². The maximum absolute atomic E-state index is 11.6. The van der Waals surface area contributed by atoms with Crippen LogP contribution in [0.25, 0.3) is 33.2 Å². The molecule has 0 spiro atoms. The zero-order valence-corrected chi connectivity index (χ0v) is 20.5. The van der Waals surface area contributed by atoms with E-state index >= 15 is 0 Å². The van der Waals surface area contributed by atoms with Crippen molar-refractivity contribution in [3.8, 4) is 11.3 Å². The molecule has 0 atom stereocenters. The summed E-state index contributed by atoms with van der Waals surface area (Å²) < 4.78 is 0. The normalized spacial score (nSPS) is 11.6. The fourth-order valence-electron chi connectivity index (χ4n) is 4.18. The second-order valence-electron chi connectivity index (χ2n) is 9.81. The lowest BCUT2D eigenvalue weighted by Crippen LogP contribution is -2.44. The Bertz CT molecular complexity index is 1520. The molecule has 36 heavy (non-hydrogen) atoms. The topological polar surface area (TPSA) is 107 Å². The van der Waals surface area contributed by atoms with E-state index in [0.29, 0.717) is 13.1 Å². The summed E-state index contributed by atoms with van der Waals surface area (Å²) in [6.45, 7) is 6.67. The fraction of sp³-hybridized carbons (Fsp3) is 0.214. The van der Waals surface area contributed by atoms with E-state index in [1.807, 2.05) is 75.8 Å². The van der Waals surface area contributed by atoms with Crippen LogP contribution in [-0.2, 0) is 13.1 Å². The molecule has 0 radical (unpaired) electrons. The number of amides is 1. The number of hydrogen-bond acceptors (Lipinski definition) is 5. The first kappa shape index (κ1) is 23.3. The standard InChI is InChI=1S/C28H28N6O2/c1-28(2,3)34(27(35)36)17-19-8-6-18(7-9-19)13-30-21-11-23-22-12-24(20-5-4-10-29-14-20)31-16-25(22)33-26(23)32-15-21/h4-12,14-16,30H,13,17H2,1-3H3,(H,32,33)(H,35,36). The molecule has 8 nitrogen and oxygen atoms in total. The van der Waals surface area contributed by atoms with Crippen LogP contribution in [0.1, 0.15) is 31.9 Å². The second kappa shape index (κ2) is 9.30. The van der Waals surface area contributed by atoms with Crippen molar-refractivity contribution in [2.24, 2.45) is 0 Å². The van der Waals surface area contributed by atoms with Gasteiger partial charge in [-0.05, 0) is 56.2 Å². The summed E-state index contributed by atoms with van der Waals surface area (Å²) in [6, 6.07) is 16.1. The van der Waals surface area contributed by atoms with Gasteiger partial charge in [0.2, 0.25) is 0 Å². The summed E-state index contributed by atoms with van der Waals surface area (Å²) in [5.41, 5.74) is 6.08. The molecule has 3 N–H and O–H groups in total. The summed E-state index contributed by atoms with van der Waals surface area (Å²) >= 11 is 0. The van der Waals surface area contributed by atoms with Crippen molar-refractivity contribution in [2.45, 2.75) is 39.4 Å². The molecule has 0 saturated heterocycles. The number of rotatable bonds is 6. The van der Waals surface area contributed by atoms with Gasteiger partial charge in [-0.25, -0.2) is 9.78 Å². The molecule has 8 heteroatoms. The molecule has 4 heterocycles. The molecule has 0 saturated carbocycles. The van der Waals surface area contributed by atoms with Crippen LogP contribution >= 0.6 is 0 Å². The van der Waals surface area contributed by atoms with Crippen LogP contribution in [0.3, 0.4) is 0 Å². The summed E-state index contributed by atoms with van der Waals surface area (Å²) in [7, 11) is 0. The predicted octanol–water partition coefficient (Wildman–Crippen LogP) is 6.06. The van der Waals surface area contributed by atoms with Gasteiger partial charge in [0.25, 0.3) is 0 Å². The first-order valence-electron chi connectivity index (χ1n) is 11.8. The highest BCUT2D eigenvalue weighted by molar-refractivity contribution is 6.07. The number of carbonyl (C=O) groups is 1. The SMILES string of the molecule is CC(C)(C)N(Cc1ccc(CNc2cnc3[nH]c4cnc(-c5cccnc5)cc4c3c2)cc1)C(=O)O. The van der Waals surface area contributed by atoms with Gasteiger partial charge >= 0.3 is 6.09 Å². The van der Waals surface area contributed by atoms with Crippen molar-refractivity contribution in [1.82, 2.24) is 24.8 Å². The van der Waals surface area contributed by atoms with Crippen LogP contribution < -0.4 is 5.32 Å². The molecular weight excluding hydrogens is 452 g/mol. The molecule has 0 bridgehead atoms. The lowest BCUT2D eigenvalue weighted by Gasteiger charge is -2.33. The molecule has 4 aromatic heterocycles. The van der Waals surface area contributed by atoms with Gasteiger partial charge in [0.1, 0.15) is 5.65 Å². The van der Waals surface area contributed by atoms with Gasteiger partial charge in [-0.1, -0.05) is 24.3 Å². The van der Waals surface area contributed by atoms with E-state index in [2.05, 4.69) is 37.4 Å². The smallest absolute Gasteiger partial charge is 0.408 e.